The number of nitrogens with two attached hydrogens (primary N) is 1. The molecule has 9 heteroatoms. The van der Waals surface area contributed by atoms with Gasteiger partial charge in [-0.15, -0.1) is 0 Å². The topological polar surface area (TPSA) is 115 Å². The molecule has 2 heterocycles. The van der Waals surface area contributed by atoms with E-state index in [9.17, 15) is 13.2 Å². The van der Waals surface area contributed by atoms with E-state index in [-0.39, 0.29) is 36.6 Å². The highest BCUT2D eigenvalue weighted by atomic mass is 32.2. The number of aromatic nitrogens is 2. The first-order valence-corrected chi connectivity index (χ1v) is 7.28. The van der Waals surface area contributed by atoms with Crippen molar-refractivity contribution >= 4 is 21.7 Å². The van der Waals surface area contributed by atoms with Gasteiger partial charge in [-0.1, -0.05) is 0 Å². The Kier molecular flexibility index (Phi) is 3.67. The molecule has 0 bridgehead atoms. The number of hydrogen-bond donors (Lipinski definition) is 1. The van der Waals surface area contributed by atoms with E-state index in [2.05, 4.69) is 9.97 Å². The summed E-state index contributed by atoms with van der Waals surface area (Å²) in [6, 6.07) is 1.72. The molecule has 1 amide bonds. The second kappa shape index (κ2) is 5.10. The number of primary sulfonamides is 1. The number of hydrogen-bond acceptors (Lipinski definition) is 6. The fraction of sp³-hybridized carbons (Fsp3) is 0.500. The molecule has 19 heavy (non-hydrogen) atoms. The number of rotatable bonds is 4. The van der Waals surface area contributed by atoms with E-state index in [0.717, 1.165) is 0 Å². The molecule has 1 aromatic rings. The number of carbonyl (C=O) groups excluding carboxylic acids is 1. The number of ether oxygens (including phenoxy) is 1. The van der Waals surface area contributed by atoms with Crippen LogP contribution in [-0.2, 0) is 14.8 Å². The average Bonchev–Trinajstić information content (AvgIpc) is 2.68. The number of nitrogens with zero attached hydrogens (tertiary/aromatic N) is 3. The van der Waals surface area contributed by atoms with Gasteiger partial charge in [0.2, 0.25) is 15.9 Å². The first-order chi connectivity index (χ1) is 8.89. The van der Waals surface area contributed by atoms with Crippen LogP contribution in [0.5, 0.6) is 6.01 Å². The maximum absolute atomic E-state index is 11.9. The molecule has 1 unspecified atom stereocenters. The Morgan fingerprint density at radius 1 is 1.58 bits per heavy atom. The lowest BCUT2D eigenvalue weighted by Crippen LogP contribution is -2.28. The van der Waals surface area contributed by atoms with Crippen LogP contribution in [0.25, 0.3) is 0 Å². The van der Waals surface area contributed by atoms with Gasteiger partial charge in [0, 0.05) is 25.1 Å². The number of sulfonamides is 1. The lowest BCUT2D eigenvalue weighted by molar-refractivity contribution is -0.117. The second-order valence-electron chi connectivity index (χ2n) is 4.31. The van der Waals surface area contributed by atoms with Gasteiger partial charge >= 0.3 is 6.01 Å². The minimum atomic E-state index is -3.59. The summed E-state index contributed by atoms with van der Waals surface area (Å²) in [7, 11) is -2.16. The zero-order chi connectivity index (χ0) is 14.0. The Morgan fingerprint density at radius 3 is 2.95 bits per heavy atom. The Morgan fingerprint density at radius 2 is 2.32 bits per heavy atom. The Hall–Kier alpha value is -1.74. The predicted octanol–water partition coefficient (Wildman–Crippen LogP) is -0.873. The summed E-state index contributed by atoms with van der Waals surface area (Å²) in [6.45, 7) is 0.273. The summed E-state index contributed by atoms with van der Waals surface area (Å²) in [5.74, 6) is -0.316. The summed E-state index contributed by atoms with van der Waals surface area (Å²) in [6.07, 6.45) is 1.62. The van der Waals surface area contributed by atoms with E-state index in [4.69, 9.17) is 9.88 Å². The lowest BCUT2D eigenvalue weighted by atomic mass is 10.1. The molecule has 1 saturated heterocycles. The molecule has 2 rings (SSSR count). The first kappa shape index (κ1) is 13.7. The standard InChI is InChI=1S/C10H14N4O4S/c1-18-10-12-3-2-8(13-10)14-5-7(4-9(14)15)6-19(11,16)17/h2-3,7H,4-6H2,1H3,(H2,11,16,17). The largest absolute Gasteiger partial charge is 0.467 e. The molecule has 0 aromatic carbocycles. The predicted molar refractivity (Wildman–Crippen MR) is 67.0 cm³/mol. The van der Waals surface area contributed by atoms with Crippen LogP contribution in [0.15, 0.2) is 12.3 Å². The maximum Gasteiger partial charge on any atom is 0.318 e. The normalized spacial score (nSPS) is 19.8. The minimum Gasteiger partial charge on any atom is -0.467 e. The average molecular weight is 286 g/mol. The van der Waals surface area contributed by atoms with Crippen molar-refractivity contribution in [2.45, 2.75) is 6.42 Å². The van der Waals surface area contributed by atoms with E-state index in [0.29, 0.717) is 5.82 Å². The van der Waals surface area contributed by atoms with Crippen LogP contribution in [0.1, 0.15) is 6.42 Å². The van der Waals surface area contributed by atoms with Crippen molar-refractivity contribution in [3.05, 3.63) is 12.3 Å². The maximum atomic E-state index is 11.9. The molecule has 0 spiro atoms. The monoisotopic (exact) mass is 286 g/mol. The molecule has 2 N–H and O–H groups in total. The van der Waals surface area contributed by atoms with E-state index in [1.54, 1.807) is 6.07 Å². The van der Waals surface area contributed by atoms with Crippen LogP contribution in [0.3, 0.4) is 0 Å². The van der Waals surface area contributed by atoms with E-state index < -0.39 is 10.0 Å². The highest BCUT2D eigenvalue weighted by Crippen LogP contribution is 2.24. The molecule has 1 fully saturated rings. The molecular formula is C10H14N4O4S. The highest BCUT2D eigenvalue weighted by Gasteiger charge is 2.33. The fourth-order valence-electron chi connectivity index (χ4n) is 2.02. The summed E-state index contributed by atoms with van der Waals surface area (Å²) in [4.78, 5) is 21.2. The van der Waals surface area contributed by atoms with Gasteiger partial charge in [-0.3, -0.25) is 9.69 Å². The lowest BCUT2D eigenvalue weighted by Gasteiger charge is -2.15. The fourth-order valence-corrected chi connectivity index (χ4v) is 2.90. The Balaban J connectivity index is 2.15. The van der Waals surface area contributed by atoms with Gasteiger partial charge in [0.25, 0.3) is 0 Å². The van der Waals surface area contributed by atoms with Gasteiger partial charge in [0.05, 0.1) is 12.9 Å². The van der Waals surface area contributed by atoms with Crippen molar-refractivity contribution in [1.82, 2.24) is 9.97 Å². The second-order valence-corrected chi connectivity index (χ2v) is 5.96. The molecule has 1 aliphatic heterocycles. The van der Waals surface area contributed by atoms with Gasteiger partial charge < -0.3 is 4.74 Å². The van der Waals surface area contributed by atoms with E-state index in [1.165, 1.54) is 18.2 Å². The number of anilines is 1. The molecule has 1 aromatic heterocycles. The Bertz CT molecular complexity index is 589. The molecule has 8 nitrogen and oxygen atoms in total. The van der Waals surface area contributed by atoms with Gasteiger partial charge in [-0.2, -0.15) is 4.98 Å². The molecule has 1 aliphatic rings. The van der Waals surface area contributed by atoms with Crippen molar-refractivity contribution in [2.24, 2.45) is 11.1 Å². The molecule has 0 aliphatic carbocycles. The third kappa shape index (κ3) is 3.38. The van der Waals surface area contributed by atoms with E-state index >= 15 is 0 Å². The minimum absolute atomic E-state index is 0.142. The summed E-state index contributed by atoms with van der Waals surface area (Å²) in [5, 5.41) is 4.99. The summed E-state index contributed by atoms with van der Waals surface area (Å²) < 4.78 is 27.0. The van der Waals surface area contributed by atoms with Crippen LogP contribution in [0, 0.1) is 5.92 Å². The number of methoxy groups -OCH3 is 1. The molecular weight excluding hydrogens is 272 g/mol. The SMILES string of the molecule is COc1nccc(N2CC(CS(N)(=O)=O)CC2=O)n1. The van der Waals surface area contributed by atoms with Gasteiger partial charge in [0.1, 0.15) is 5.82 Å². The van der Waals surface area contributed by atoms with Crippen molar-refractivity contribution in [1.29, 1.82) is 0 Å². The molecule has 0 radical (unpaired) electrons. The Labute approximate surface area is 110 Å². The first-order valence-electron chi connectivity index (χ1n) is 5.57. The van der Waals surface area contributed by atoms with Crippen LogP contribution in [0.4, 0.5) is 5.82 Å². The van der Waals surface area contributed by atoms with Crippen LogP contribution in [0.2, 0.25) is 0 Å². The summed E-state index contributed by atoms with van der Waals surface area (Å²) >= 11 is 0. The van der Waals surface area contributed by atoms with Crippen molar-refractivity contribution in [2.75, 3.05) is 24.3 Å². The van der Waals surface area contributed by atoms with Gasteiger partial charge in [-0.05, 0) is 6.07 Å². The number of amides is 1. The van der Waals surface area contributed by atoms with Crippen LogP contribution >= 0.6 is 0 Å². The quantitative estimate of drug-likeness (QED) is 0.769. The van der Waals surface area contributed by atoms with E-state index in [1.807, 2.05) is 0 Å². The summed E-state index contributed by atoms with van der Waals surface area (Å²) in [5.41, 5.74) is 0. The van der Waals surface area contributed by atoms with Gasteiger partial charge in [0.15, 0.2) is 0 Å². The van der Waals surface area contributed by atoms with Crippen molar-refractivity contribution in [3.8, 4) is 6.01 Å². The highest BCUT2D eigenvalue weighted by molar-refractivity contribution is 7.89. The number of carbonyl (C=O) groups is 1. The molecule has 1 atom stereocenters. The third-order valence-corrected chi connectivity index (χ3v) is 3.69. The van der Waals surface area contributed by atoms with Gasteiger partial charge in [-0.25, -0.2) is 18.5 Å². The van der Waals surface area contributed by atoms with Crippen LogP contribution in [-0.4, -0.2) is 43.7 Å². The zero-order valence-corrected chi connectivity index (χ0v) is 11.1. The van der Waals surface area contributed by atoms with Crippen LogP contribution < -0.4 is 14.8 Å². The zero-order valence-electron chi connectivity index (χ0n) is 10.3. The smallest absolute Gasteiger partial charge is 0.318 e. The van der Waals surface area contributed by atoms with Crippen molar-refractivity contribution < 1.29 is 17.9 Å². The van der Waals surface area contributed by atoms with Crippen molar-refractivity contribution in [3.63, 3.8) is 0 Å². The molecule has 0 saturated carbocycles. The molecule has 104 valence electrons. The third-order valence-electron chi connectivity index (χ3n) is 2.75.